The Kier molecular flexibility index (Phi) is 3.70. The summed E-state index contributed by atoms with van der Waals surface area (Å²) in [6.45, 7) is 3.29. The highest BCUT2D eigenvalue weighted by Gasteiger charge is 2.11. The minimum atomic E-state index is -0.320. The maximum absolute atomic E-state index is 11.8. The predicted molar refractivity (Wildman–Crippen MR) is 71.8 cm³/mol. The molecule has 19 heavy (non-hydrogen) atoms. The van der Waals surface area contributed by atoms with Gasteiger partial charge in [0.25, 0.3) is 5.56 Å². The van der Waals surface area contributed by atoms with Crippen molar-refractivity contribution < 1.29 is 4.79 Å². The summed E-state index contributed by atoms with van der Waals surface area (Å²) in [5.41, 5.74) is 2.07. The minimum Gasteiger partial charge on any atom is -0.324 e. The highest BCUT2D eigenvalue weighted by atomic mass is 16.2. The Morgan fingerprint density at radius 3 is 2.84 bits per heavy atom. The fourth-order valence-corrected chi connectivity index (χ4v) is 1.80. The summed E-state index contributed by atoms with van der Waals surface area (Å²) in [7, 11) is 0. The maximum atomic E-state index is 11.8. The molecule has 98 valence electrons. The number of aromatic nitrogens is 3. The molecule has 0 bridgehead atoms. The van der Waals surface area contributed by atoms with Crippen molar-refractivity contribution in [2.75, 3.05) is 5.32 Å². The van der Waals surface area contributed by atoms with Gasteiger partial charge in [-0.25, -0.2) is 0 Å². The molecule has 6 heteroatoms. The zero-order chi connectivity index (χ0) is 13.8. The van der Waals surface area contributed by atoms with E-state index in [0.29, 0.717) is 12.1 Å². The molecule has 0 radical (unpaired) electrons. The van der Waals surface area contributed by atoms with Crippen LogP contribution in [0.5, 0.6) is 0 Å². The number of pyridine rings is 1. The van der Waals surface area contributed by atoms with E-state index in [1.807, 2.05) is 6.92 Å². The van der Waals surface area contributed by atoms with E-state index >= 15 is 0 Å². The van der Waals surface area contributed by atoms with Crippen molar-refractivity contribution in [1.82, 2.24) is 15.2 Å². The maximum Gasteiger partial charge on any atom is 0.271 e. The molecule has 0 aliphatic rings. The normalized spacial score (nSPS) is 10.2. The molecule has 6 nitrogen and oxygen atoms in total. The molecule has 2 rings (SSSR count). The smallest absolute Gasteiger partial charge is 0.271 e. The second-order valence-corrected chi connectivity index (χ2v) is 4.05. The molecule has 0 atom stereocenters. The van der Waals surface area contributed by atoms with Crippen LogP contribution in [0, 0.1) is 0 Å². The second-order valence-electron chi connectivity index (χ2n) is 4.05. The summed E-state index contributed by atoms with van der Waals surface area (Å²) in [4.78, 5) is 25.6. The topological polar surface area (TPSA) is 87.7 Å². The van der Waals surface area contributed by atoms with Gasteiger partial charge >= 0.3 is 0 Å². The first kappa shape index (κ1) is 12.9. The number of anilines is 1. The lowest BCUT2D eigenvalue weighted by Crippen LogP contribution is -2.19. The number of aryl methyl sites for hydroxylation is 1. The summed E-state index contributed by atoms with van der Waals surface area (Å²) in [6, 6.07) is 5.20. The van der Waals surface area contributed by atoms with Crippen LogP contribution in [0.15, 0.2) is 29.2 Å². The SMILES string of the molecule is CCc1[nH]c(=O)c(NC(C)=O)cc1-c1cccnn1. The van der Waals surface area contributed by atoms with Gasteiger partial charge in [-0.2, -0.15) is 10.2 Å². The van der Waals surface area contributed by atoms with Crippen LogP contribution in [0.4, 0.5) is 5.69 Å². The van der Waals surface area contributed by atoms with Gasteiger partial charge in [-0.15, -0.1) is 0 Å². The molecule has 0 saturated heterocycles. The Labute approximate surface area is 109 Å². The van der Waals surface area contributed by atoms with Gasteiger partial charge in [0, 0.05) is 24.4 Å². The van der Waals surface area contributed by atoms with Gasteiger partial charge in [0.05, 0.1) is 5.69 Å². The number of carbonyl (C=O) groups excluding carboxylic acids is 1. The quantitative estimate of drug-likeness (QED) is 0.870. The number of rotatable bonds is 3. The van der Waals surface area contributed by atoms with Crippen LogP contribution in [0.2, 0.25) is 0 Å². The highest BCUT2D eigenvalue weighted by molar-refractivity contribution is 5.89. The van der Waals surface area contributed by atoms with Gasteiger partial charge in [-0.05, 0) is 24.6 Å². The lowest BCUT2D eigenvalue weighted by molar-refractivity contribution is -0.114. The first-order valence-corrected chi connectivity index (χ1v) is 5.93. The molecule has 0 fully saturated rings. The average molecular weight is 258 g/mol. The molecule has 0 saturated carbocycles. The van der Waals surface area contributed by atoms with Gasteiger partial charge in [0.15, 0.2) is 0 Å². The average Bonchev–Trinajstić information content (AvgIpc) is 2.41. The van der Waals surface area contributed by atoms with Crippen molar-refractivity contribution in [2.24, 2.45) is 0 Å². The number of amides is 1. The summed E-state index contributed by atoms with van der Waals surface area (Å²) >= 11 is 0. The van der Waals surface area contributed by atoms with Crippen LogP contribution in [0.25, 0.3) is 11.3 Å². The molecular formula is C13H14N4O2. The Hall–Kier alpha value is -2.50. The lowest BCUT2D eigenvalue weighted by Gasteiger charge is -2.09. The van der Waals surface area contributed by atoms with Gasteiger partial charge in [-0.3, -0.25) is 9.59 Å². The number of H-pyrrole nitrogens is 1. The number of nitrogens with zero attached hydrogens (tertiary/aromatic N) is 2. The van der Waals surface area contributed by atoms with E-state index in [0.717, 1.165) is 11.3 Å². The van der Waals surface area contributed by atoms with E-state index < -0.39 is 0 Å². The molecule has 1 amide bonds. The number of carbonyl (C=O) groups is 1. The number of aromatic amines is 1. The lowest BCUT2D eigenvalue weighted by atomic mass is 10.1. The van der Waals surface area contributed by atoms with E-state index in [1.54, 1.807) is 24.4 Å². The third kappa shape index (κ3) is 2.85. The van der Waals surface area contributed by atoms with E-state index in [-0.39, 0.29) is 17.2 Å². The number of nitrogens with one attached hydrogen (secondary N) is 2. The van der Waals surface area contributed by atoms with Crippen LogP contribution >= 0.6 is 0 Å². The first-order chi connectivity index (χ1) is 9.11. The molecule has 2 heterocycles. The van der Waals surface area contributed by atoms with E-state index in [2.05, 4.69) is 20.5 Å². The Balaban J connectivity index is 2.58. The number of hydrogen-bond donors (Lipinski definition) is 2. The standard InChI is InChI=1S/C13H14N4O2/c1-3-10-9(11-5-4-6-14-17-11)7-12(13(19)16-10)15-8(2)18/h4-7H,3H2,1-2H3,(H,15,18)(H,16,19). The highest BCUT2D eigenvalue weighted by Crippen LogP contribution is 2.21. The van der Waals surface area contributed by atoms with Crippen molar-refractivity contribution >= 4 is 11.6 Å². The molecule has 2 aromatic heterocycles. The van der Waals surface area contributed by atoms with Gasteiger partial charge < -0.3 is 10.3 Å². The molecule has 2 N–H and O–H groups in total. The number of hydrogen-bond acceptors (Lipinski definition) is 4. The summed E-state index contributed by atoms with van der Waals surface area (Å²) in [6.07, 6.45) is 2.23. The van der Waals surface area contributed by atoms with E-state index in [1.165, 1.54) is 6.92 Å². The zero-order valence-corrected chi connectivity index (χ0v) is 10.7. The van der Waals surface area contributed by atoms with Gasteiger partial charge in [-0.1, -0.05) is 6.92 Å². The Morgan fingerprint density at radius 2 is 2.26 bits per heavy atom. The molecule has 0 aliphatic heterocycles. The molecule has 2 aromatic rings. The van der Waals surface area contributed by atoms with Crippen LogP contribution in [0.3, 0.4) is 0 Å². The fraction of sp³-hybridized carbons (Fsp3) is 0.231. The third-order valence-corrected chi connectivity index (χ3v) is 2.64. The van der Waals surface area contributed by atoms with E-state index in [4.69, 9.17) is 0 Å². The molecule has 0 aliphatic carbocycles. The summed E-state index contributed by atoms with van der Waals surface area (Å²) in [5, 5.41) is 10.3. The molecule has 0 aromatic carbocycles. The van der Waals surface area contributed by atoms with E-state index in [9.17, 15) is 9.59 Å². The molecular weight excluding hydrogens is 244 g/mol. The molecule has 0 unspecified atom stereocenters. The molecule has 0 spiro atoms. The van der Waals surface area contributed by atoms with Gasteiger partial charge in [0.2, 0.25) is 5.91 Å². The fourth-order valence-electron chi connectivity index (χ4n) is 1.80. The monoisotopic (exact) mass is 258 g/mol. The third-order valence-electron chi connectivity index (χ3n) is 2.64. The van der Waals surface area contributed by atoms with Crippen LogP contribution in [0.1, 0.15) is 19.5 Å². The second kappa shape index (κ2) is 5.43. The van der Waals surface area contributed by atoms with Crippen molar-refractivity contribution in [3.8, 4) is 11.3 Å². The largest absolute Gasteiger partial charge is 0.324 e. The van der Waals surface area contributed by atoms with Crippen molar-refractivity contribution in [3.63, 3.8) is 0 Å². The van der Waals surface area contributed by atoms with Crippen LogP contribution in [-0.2, 0) is 11.2 Å². The van der Waals surface area contributed by atoms with Crippen LogP contribution in [-0.4, -0.2) is 21.1 Å². The minimum absolute atomic E-state index is 0.213. The van der Waals surface area contributed by atoms with Crippen molar-refractivity contribution in [3.05, 3.63) is 40.4 Å². The first-order valence-electron chi connectivity index (χ1n) is 5.93. The predicted octanol–water partition coefficient (Wildman–Crippen LogP) is 1.35. The van der Waals surface area contributed by atoms with Crippen LogP contribution < -0.4 is 10.9 Å². The van der Waals surface area contributed by atoms with Gasteiger partial charge in [0.1, 0.15) is 5.69 Å². The van der Waals surface area contributed by atoms with Crippen molar-refractivity contribution in [2.45, 2.75) is 20.3 Å². The zero-order valence-electron chi connectivity index (χ0n) is 10.7. The van der Waals surface area contributed by atoms with Crippen molar-refractivity contribution in [1.29, 1.82) is 0 Å². The summed E-state index contributed by atoms with van der Waals surface area (Å²) in [5.74, 6) is -0.292. The Morgan fingerprint density at radius 1 is 1.47 bits per heavy atom. The Bertz CT molecular complexity index is 649. The summed E-state index contributed by atoms with van der Waals surface area (Å²) < 4.78 is 0.